The maximum Gasteiger partial charge on any atom is 0.160 e. The Morgan fingerprint density at radius 2 is 2.15 bits per heavy atom. The summed E-state index contributed by atoms with van der Waals surface area (Å²) in [6.45, 7) is 1.73. The van der Waals surface area contributed by atoms with Crippen LogP contribution in [0.4, 0.5) is 5.82 Å². The Labute approximate surface area is 118 Å². The Morgan fingerprint density at radius 3 is 2.90 bits per heavy atom. The Bertz CT molecular complexity index is 599. The van der Waals surface area contributed by atoms with Crippen molar-refractivity contribution in [2.45, 2.75) is 19.4 Å². The predicted octanol–water partition coefficient (Wildman–Crippen LogP) is 2.75. The van der Waals surface area contributed by atoms with Gasteiger partial charge >= 0.3 is 0 Å². The van der Waals surface area contributed by atoms with E-state index in [1.54, 1.807) is 7.11 Å². The molecule has 0 bridgehead atoms. The molecule has 0 saturated heterocycles. The van der Waals surface area contributed by atoms with E-state index < -0.39 is 0 Å². The van der Waals surface area contributed by atoms with Gasteiger partial charge in [0, 0.05) is 19.3 Å². The summed E-state index contributed by atoms with van der Waals surface area (Å²) in [6, 6.07) is 9.71. The van der Waals surface area contributed by atoms with Crippen molar-refractivity contribution in [1.82, 2.24) is 4.98 Å². The first-order valence-corrected chi connectivity index (χ1v) is 6.82. The zero-order valence-corrected chi connectivity index (χ0v) is 11.5. The molecule has 1 aromatic heterocycles. The second-order valence-corrected chi connectivity index (χ2v) is 5.01. The summed E-state index contributed by atoms with van der Waals surface area (Å²) in [4.78, 5) is 6.66. The zero-order chi connectivity index (χ0) is 13.9. The molecule has 0 aliphatic carbocycles. The molecule has 0 unspecified atom stereocenters. The normalized spacial score (nSPS) is 14.6. The van der Waals surface area contributed by atoms with Gasteiger partial charge in [-0.1, -0.05) is 6.07 Å². The summed E-state index contributed by atoms with van der Waals surface area (Å²) in [5.41, 5.74) is 2.39. The van der Waals surface area contributed by atoms with E-state index in [0.717, 1.165) is 37.3 Å². The minimum Gasteiger partial charge on any atom is -0.504 e. The van der Waals surface area contributed by atoms with Crippen LogP contribution in [0.5, 0.6) is 11.5 Å². The Kier molecular flexibility index (Phi) is 3.46. The molecule has 104 valence electrons. The molecule has 0 atom stereocenters. The number of phenols is 1. The maximum absolute atomic E-state index is 9.96. The van der Waals surface area contributed by atoms with E-state index in [2.05, 4.69) is 9.88 Å². The molecule has 1 aliphatic heterocycles. The monoisotopic (exact) mass is 270 g/mol. The molecular weight excluding hydrogens is 252 g/mol. The Hall–Kier alpha value is -2.23. The summed E-state index contributed by atoms with van der Waals surface area (Å²) in [5, 5.41) is 9.96. The number of phenolic OH excluding ortho intramolecular Hbond substituents is 1. The summed E-state index contributed by atoms with van der Waals surface area (Å²) >= 11 is 0. The Balaban J connectivity index is 1.93. The van der Waals surface area contributed by atoms with Gasteiger partial charge in [-0.15, -0.1) is 0 Å². The SMILES string of the molecule is COc1cc2c(cc1O)CN(c1ccccn1)CCC2. The van der Waals surface area contributed by atoms with Crippen molar-refractivity contribution in [3.05, 3.63) is 47.7 Å². The number of anilines is 1. The number of hydrogen-bond donors (Lipinski definition) is 1. The van der Waals surface area contributed by atoms with Gasteiger partial charge in [-0.2, -0.15) is 0 Å². The van der Waals surface area contributed by atoms with Crippen molar-refractivity contribution in [2.24, 2.45) is 0 Å². The fraction of sp³-hybridized carbons (Fsp3) is 0.312. The topological polar surface area (TPSA) is 45.6 Å². The van der Waals surface area contributed by atoms with Crippen molar-refractivity contribution in [3.8, 4) is 11.5 Å². The fourth-order valence-electron chi connectivity index (χ4n) is 2.68. The van der Waals surface area contributed by atoms with Crippen molar-refractivity contribution in [1.29, 1.82) is 0 Å². The van der Waals surface area contributed by atoms with Crippen LogP contribution in [-0.2, 0) is 13.0 Å². The number of aromatic nitrogens is 1. The van der Waals surface area contributed by atoms with Gasteiger partial charge in [0.2, 0.25) is 0 Å². The minimum absolute atomic E-state index is 0.203. The number of pyridine rings is 1. The summed E-state index contributed by atoms with van der Waals surface area (Å²) in [7, 11) is 1.58. The number of fused-ring (bicyclic) bond motifs is 1. The summed E-state index contributed by atoms with van der Waals surface area (Å²) < 4.78 is 5.19. The molecule has 3 rings (SSSR count). The van der Waals surface area contributed by atoms with Gasteiger partial charge < -0.3 is 14.7 Å². The lowest BCUT2D eigenvalue weighted by Crippen LogP contribution is -2.23. The van der Waals surface area contributed by atoms with Crippen LogP contribution in [0, 0.1) is 0 Å². The van der Waals surface area contributed by atoms with E-state index in [0.29, 0.717) is 5.75 Å². The molecule has 1 aromatic carbocycles. The van der Waals surface area contributed by atoms with Gasteiger partial charge in [-0.05, 0) is 48.2 Å². The zero-order valence-electron chi connectivity index (χ0n) is 11.5. The van der Waals surface area contributed by atoms with E-state index in [1.165, 1.54) is 5.56 Å². The fourth-order valence-corrected chi connectivity index (χ4v) is 2.68. The molecule has 0 amide bonds. The maximum atomic E-state index is 9.96. The quantitative estimate of drug-likeness (QED) is 0.911. The lowest BCUT2D eigenvalue weighted by molar-refractivity contribution is 0.372. The molecule has 2 aromatic rings. The first kappa shape index (κ1) is 12.8. The average Bonchev–Trinajstić information content (AvgIpc) is 2.69. The van der Waals surface area contributed by atoms with Crippen LogP contribution >= 0.6 is 0 Å². The van der Waals surface area contributed by atoms with Crippen molar-refractivity contribution < 1.29 is 9.84 Å². The number of methoxy groups -OCH3 is 1. The third-order valence-corrected chi connectivity index (χ3v) is 3.71. The van der Waals surface area contributed by atoms with Crippen LogP contribution in [0.1, 0.15) is 17.5 Å². The highest BCUT2D eigenvalue weighted by Gasteiger charge is 2.17. The molecule has 0 saturated carbocycles. The first-order chi connectivity index (χ1) is 9.78. The van der Waals surface area contributed by atoms with Crippen molar-refractivity contribution >= 4 is 5.82 Å². The summed E-state index contributed by atoms with van der Waals surface area (Å²) in [5.74, 6) is 1.74. The molecule has 1 N–H and O–H groups in total. The second kappa shape index (κ2) is 5.41. The van der Waals surface area contributed by atoms with Gasteiger partial charge in [0.1, 0.15) is 5.82 Å². The molecular formula is C16H18N2O2. The number of rotatable bonds is 2. The van der Waals surface area contributed by atoms with E-state index in [4.69, 9.17) is 4.74 Å². The van der Waals surface area contributed by atoms with Gasteiger partial charge in [-0.3, -0.25) is 0 Å². The van der Waals surface area contributed by atoms with Crippen LogP contribution < -0.4 is 9.64 Å². The molecule has 4 heteroatoms. The molecule has 4 nitrogen and oxygen atoms in total. The van der Waals surface area contributed by atoms with Crippen LogP contribution in [-0.4, -0.2) is 23.7 Å². The first-order valence-electron chi connectivity index (χ1n) is 6.82. The average molecular weight is 270 g/mol. The third-order valence-electron chi connectivity index (χ3n) is 3.71. The number of ether oxygens (including phenoxy) is 1. The van der Waals surface area contributed by atoms with Crippen LogP contribution in [0.15, 0.2) is 36.5 Å². The van der Waals surface area contributed by atoms with E-state index in [-0.39, 0.29) is 5.75 Å². The smallest absolute Gasteiger partial charge is 0.160 e. The standard InChI is InChI=1S/C16H18N2O2/c1-20-15-10-12-5-4-8-18(11-13(12)9-14(15)19)16-6-2-3-7-17-16/h2-3,6-7,9-10,19H,4-5,8,11H2,1H3. The number of hydrogen-bond acceptors (Lipinski definition) is 4. The third kappa shape index (κ3) is 2.41. The molecule has 0 spiro atoms. The highest BCUT2D eigenvalue weighted by Crippen LogP contribution is 2.32. The number of nitrogens with zero attached hydrogens (tertiary/aromatic N) is 2. The van der Waals surface area contributed by atoms with E-state index in [1.807, 2.05) is 36.5 Å². The van der Waals surface area contributed by atoms with Gasteiger partial charge in [-0.25, -0.2) is 4.98 Å². The molecule has 1 aliphatic rings. The van der Waals surface area contributed by atoms with Crippen LogP contribution in [0.3, 0.4) is 0 Å². The van der Waals surface area contributed by atoms with Crippen molar-refractivity contribution in [2.75, 3.05) is 18.6 Å². The lowest BCUT2D eigenvalue weighted by atomic mass is 10.0. The van der Waals surface area contributed by atoms with Gasteiger partial charge in [0.05, 0.1) is 7.11 Å². The molecule has 2 heterocycles. The largest absolute Gasteiger partial charge is 0.504 e. The second-order valence-electron chi connectivity index (χ2n) is 5.01. The molecule has 20 heavy (non-hydrogen) atoms. The lowest BCUT2D eigenvalue weighted by Gasteiger charge is -2.22. The number of aromatic hydroxyl groups is 1. The number of aryl methyl sites for hydroxylation is 1. The number of benzene rings is 1. The van der Waals surface area contributed by atoms with E-state index >= 15 is 0 Å². The highest BCUT2D eigenvalue weighted by atomic mass is 16.5. The van der Waals surface area contributed by atoms with Crippen molar-refractivity contribution in [3.63, 3.8) is 0 Å². The summed E-state index contributed by atoms with van der Waals surface area (Å²) in [6.07, 6.45) is 3.87. The minimum atomic E-state index is 0.203. The molecule has 0 radical (unpaired) electrons. The van der Waals surface area contributed by atoms with Gasteiger partial charge in [0.25, 0.3) is 0 Å². The van der Waals surface area contributed by atoms with Gasteiger partial charge in [0.15, 0.2) is 11.5 Å². The van der Waals surface area contributed by atoms with E-state index in [9.17, 15) is 5.11 Å². The highest BCUT2D eigenvalue weighted by molar-refractivity contribution is 5.49. The van der Waals surface area contributed by atoms with Crippen LogP contribution in [0.25, 0.3) is 0 Å². The predicted molar refractivity (Wildman–Crippen MR) is 78.3 cm³/mol. The van der Waals surface area contributed by atoms with Crippen LogP contribution in [0.2, 0.25) is 0 Å². The Morgan fingerprint density at radius 1 is 1.25 bits per heavy atom. The molecule has 0 fully saturated rings.